The molecule has 1 aliphatic rings. The van der Waals surface area contributed by atoms with E-state index in [2.05, 4.69) is 0 Å². The minimum atomic E-state index is -3.82. The molecule has 1 heterocycles. The van der Waals surface area contributed by atoms with Crippen molar-refractivity contribution >= 4 is 20.0 Å². The molecule has 2 N–H and O–H groups in total. The third kappa shape index (κ3) is 3.63. The fourth-order valence-electron chi connectivity index (χ4n) is 2.53. The summed E-state index contributed by atoms with van der Waals surface area (Å²) >= 11 is 0. The van der Waals surface area contributed by atoms with Crippen LogP contribution in [0.15, 0.2) is 34.1 Å². The topological polar surface area (TPSA) is 97.5 Å². The first-order chi connectivity index (χ1) is 9.52. The summed E-state index contributed by atoms with van der Waals surface area (Å²) in [5, 5.41) is 5.01. The second-order valence-corrected chi connectivity index (χ2v) is 9.62. The molecule has 0 amide bonds. The second-order valence-electron chi connectivity index (χ2n) is 6.12. The molecule has 1 aliphatic heterocycles. The molecule has 1 aromatic rings. The molecule has 0 aliphatic carbocycles. The molecule has 1 aromatic carbocycles. The Kier molecular flexibility index (Phi) is 4.18. The van der Waals surface area contributed by atoms with Crippen LogP contribution in [-0.2, 0) is 20.0 Å². The van der Waals surface area contributed by atoms with Crippen molar-refractivity contribution < 1.29 is 16.8 Å². The van der Waals surface area contributed by atoms with Crippen LogP contribution < -0.4 is 5.14 Å². The molecule has 0 bridgehead atoms. The Balaban J connectivity index is 2.32. The number of hydrogen-bond donors (Lipinski definition) is 1. The van der Waals surface area contributed by atoms with E-state index < -0.39 is 20.0 Å². The molecule has 1 fully saturated rings. The third-order valence-electron chi connectivity index (χ3n) is 3.66. The zero-order chi connectivity index (χ0) is 15.9. The number of rotatable bonds is 3. The van der Waals surface area contributed by atoms with Crippen molar-refractivity contribution in [1.82, 2.24) is 4.31 Å². The Labute approximate surface area is 126 Å². The maximum absolute atomic E-state index is 12.6. The second kappa shape index (κ2) is 5.35. The first-order valence-electron chi connectivity index (χ1n) is 6.65. The van der Waals surface area contributed by atoms with Crippen molar-refractivity contribution in [2.24, 2.45) is 10.6 Å². The van der Waals surface area contributed by atoms with Crippen LogP contribution in [0, 0.1) is 5.41 Å². The average molecular weight is 332 g/mol. The van der Waals surface area contributed by atoms with Gasteiger partial charge in [0.15, 0.2) is 0 Å². The SMILES string of the molecule is CC1(C)CCCN(S(=O)(=O)c2ccc(S(N)(=O)=O)cc2)C1. The van der Waals surface area contributed by atoms with Crippen LogP contribution in [0.25, 0.3) is 0 Å². The van der Waals surface area contributed by atoms with Crippen LogP contribution in [0.5, 0.6) is 0 Å². The van der Waals surface area contributed by atoms with E-state index in [-0.39, 0.29) is 15.2 Å². The first-order valence-corrected chi connectivity index (χ1v) is 9.64. The Morgan fingerprint density at radius 1 is 1.05 bits per heavy atom. The number of nitrogens with two attached hydrogens (primary N) is 1. The maximum Gasteiger partial charge on any atom is 0.243 e. The number of nitrogens with zero attached hydrogens (tertiary/aromatic N) is 1. The van der Waals surface area contributed by atoms with Gasteiger partial charge in [-0.05, 0) is 42.5 Å². The average Bonchev–Trinajstić information content (AvgIpc) is 2.36. The van der Waals surface area contributed by atoms with Gasteiger partial charge in [-0.25, -0.2) is 22.0 Å². The van der Waals surface area contributed by atoms with Gasteiger partial charge in [0.05, 0.1) is 9.79 Å². The molecule has 0 atom stereocenters. The summed E-state index contributed by atoms with van der Waals surface area (Å²) in [7, 11) is -7.41. The molecule has 21 heavy (non-hydrogen) atoms. The predicted octanol–water partition coefficient (Wildman–Crippen LogP) is 1.14. The summed E-state index contributed by atoms with van der Waals surface area (Å²) in [6.07, 6.45) is 1.81. The molecule has 0 unspecified atom stereocenters. The molecule has 0 saturated carbocycles. The standard InChI is InChI=1S/C13H20N2O4S2/c1-13(2)8-3-9-15(10-13)21(18,19)12-6-4-11(5-7-12)20(14,16)17/h4-7H,3,8-10H2,1-2H3,(H2,14,16,17). The fourth-order valence-corrected chi connectivity index (χ4v) is 4.71. The Hall–Kier alpha value is -0.960. The van der Waals surface area contributed by atoms with E-state index in [4.69, 9.17) is 5.14 Å². The van der Waals surface area contributed by atoms with E-state index >= 15 is 0 Å². The van der Waals surface area contributed by atoms with E-state index in [1.807, 2.05) is 13.8 Å². The summed E-state index contributed by atoms with van der Waals surface area (Å²) in [4.78, 5) is -0.00646. The highest BCUT2D eigenvalue weighted by Crippen LogP contribution is 2.31. The summed E-state index contributed by atoms with van der Waals surface area (Å²) in [6.45, 7) is 5.03. The van der Waals surface area contributed by atoms with Gasteiger partial charge in [0.2, 0.25) is 20.0 Å². The number of benzene rings is 1. The zero-order valence-corrected chi connectivity index (χ0v) is 13.7. The van der Waals surface area contributed by atoms with Crippen LogP contribution in [0.1, 0.15) is 26.7 Å². The lowest BCUT2D eigenvalue weighted by molar-refractivity contribution is 0.187. The first kappa shape index (κ1) is 16.4. The van der Waals surface area contributed by atoms with E-state index in [9.17, 15) is 16.8 Å². The van der Waals surface area contributed by atoms with Crippen molar-refractivity contribution in [3.05, 3.63) is 24.3 Å². The third-order valence-corrected chi connectivity index (χ3v) is 6.44. The summed E-state index contributed by atoms with van der Waals surface area (Å²) in [5.74, 6) is 0. The lowest BCUT2D eigenvalue weighted by Gasteiger charge is -2.37. The molecular weight excluding hydrogens is 312 g/mol. The van der Waals surface area contributed by atoms with Crippen molar-refractivity contribution in [3.8, 4) is 0 Å². The molecule has 0 spiro atoms. The molecule has 0 radical (unpaired) electrons. The zero-order valence-electron chi connectivity index (χ0n) is 12.1. The lowest BCUT2D eigenvalue weighted by atomic mass is 9.85. The molecular formula is C13H20N2O4S2. The van der Waals surface area contributed by atoms with Gasteiger partial charge in [0.25, 0.3) is 0 Å². The predicted molar refractivity (Wildman–Crippen MR) is 79.6 cm³/mol. The van der Waals surface area contributed by atoms with E-state index in [0.717, 1.165) is 12.8 Å². The number of primary sulfonamides is 1. The number of piperidine rings is 1. The monoisotopic (exact) mass is 332 g/mol. The summed E-state index contributed by atoms with van der Waals surface area (Å²) < 4.78 is 49.0. The van der Waals surface area contributed by atoms with Crippen LogP contribution in [-0.4, -0.2) is 34.2 Å². The van der Waals surface area contributed by atoms with Crippen molar-refractivity contribution in [2.75, 3.05) is 13.1 Å². The van der Waals surface area contributed by atoms with Gasteiger partial charge in [-0.3, -0.25) is 0 Å². The normalized spacial score (nSPS) is 20.3. The summed E-state index contributed by atoms with van der Waals surface area (Å²) in [6, 6.07) is 5.02. The quantitative estimate of drug-likeness (QED) is 0.897. The molecule has 6 nitrogen and oxygen atoms in total. The van der Waals surface area contributed by atoms with Gasteiger partial charge in [-0.15, -0.1) is 0 Å². The number of sulfonamides is 2. The largest absolute Gasteiger partial charge is 0.243 e. The number of hydrogen-bond acceptors (Lipinski definition) is 4. The van der Waals surface area contributed by atoms with Gasteiger partial charge < -0.3 is 0 Å². The van der Waals surface area contributed by atoms with Crippen molar-refractivity contribution in [2.45, 2.75) is 36.5 Å². The van der Waals surface area contributed by atoms with E-state index in [0.29, 0.717) is 13.1 Å². The van der Waals surface area contributed by atoms with Crippen LogP contribution >= 0.6 is 0 Å². The van der Waals surface area contributed by atoms with E-state index in [1.165, 1.54) is 28.6 Å². The highest BCUT2D eigenvalue weighted by molar-refractivity contribution is 7.89. The highest BCUT2D eigenvalue weighted by atomic mass is 32.2. The van der Waals surface area contributed by atoms with Crippen LogP contribution in [0.4, 0.5) is 0 Å². The van der Waals surface area contributed by atoms with Crippen LogP contribution in [0.2, 0.25) is 0 Å². The fraction of sp³-hybridized carbons (Fsp3) is 0.538. The van der Waals surface area contributed by atoms with Crippen molar-refractivity contribution in [1.29, 1.82) is 0 Å². The minimum absolute atomic E-state index is 0.0497. The highest BCUT2D eigenvalue weighted by Gasteiger charge is 2.34. The van der Waals surface area contributed by atoms with Gasteiger partial charge in [0.1, 0.15) is 0 Å². The maximum atomic E-state index is 12.6. The smallest absolute Gasteiger partial charge is 0.225 e. The molecule has 2 rings (SSSR count). The molecule has 118 valence electrons. The molecule has 8 heteroatoms. The Bertz CT molecular complexity index is 722. The lowest BCUT2D eigenvalue weighted by Crippen LogP contribution is -2.43. The van der Waals surface area contributed by atoms with Crippen molar-refractivity contribution in [3.63, 3.8) is 0 Å². The van der Waals surface area contributed by atoms with E-state index in [1.54, 1.807) is 0 Å². The molecule has 0 aromatic heterocycles. The van der Waals surface area contributed by atoms with Gasteiger partial charge in [-0.1, -0.05) is 13.8 Å². The van der Waals surface area contributed by atoms with Gasteiger partial charge >= 0.3 is 0 Å². The van der Waals surface area contributed by atoms with Gasteiger partial charge in [-0.2, -0.15) is 4.31 Å². The minimum Gasteiger partial charge on any atom is -0.225 e. The molecule has 1 saturated heterocycles. The summed E-state index contributed by atoms with van der Waals surface area (Å²) in [5.41, 5.74) is -0.0497. The Morgan fingerprint density at radius 2 is 1.57 bits per heavy atom. The van der Waals surface area contributed by atoms with Gasteiger partial charge in [0, 0.05) is 13.1 Å². The van der Waals surface area contributed by atoms with Crippen LogP contribution in [0.3, 0.4) is 0 Å². The Morgan fingerprint density at radius 3 is 2.05 bits per heavy atom.